The highest BCUT2D eigenvalue weighted by Crippen LogP contribution is 2.58. The Morgan fingerprint density at radius 3 is 2.84 bits per heavy atom. The second-order valence-corrected chi connectivity index (χ2v) is 10.6. The minimum atomic E-state index is -1.50. The number of nitrogens with one attached hydrogen (secondary N) is 1. The third kappa shape index (κ3) is 3.13. The molecule has 1 saturated heterocycles. The molecule has 2 aliphatic carbocycles. The minimum Gasteiger partial charge on any atom is -0.495 e. The van der Waals surface area contributed by atoms with Crippen LogP contribution in [-0.2, 0) is 22.8 Å². The summed E-state index contributed by atoms with van der Waals surface area (Å²) in [5.41, 5.74) is 4.96. The molecule has 166 valence electrons. The molecule has 0 amide bonds. The predicted molar refractivity (Wildman–Crippen MR) is 126 cm³/mol. The zero-order valence-electron chi connectivity index (χ0n) is 18.4. The van der Waals surface area contributed by atoms with Crippen LogP contribution in [0.15, 0.2) is 51.9 Å². The van der Waals surface area contributed by atoms with E-state index in [0.29, 0.717) is 16.5 Å². The van der Waals surface area contributed by atoms with Crippen LogP contribution in [0, 0.1) is 5.92 Å². The van der Waals surface area contributed by atoms with E-state index >= 15 is 0 Å². The average Bonchev–Trinajstić information content (AvgIpc) is 3.26. The van der Waals surface area contributed by atoms with E-state index in [0.717, 1.165) is 42.3 Å². The Hall–Kier alpha value is -2.80. The highest BCUT2D eigenvalue weighted by Gasteiger charge is 2.50. The molecule has 1 saturated carbocycles. The van der Waals surface area contributed by atoms with Crippen LogP contribution < -0.4 is 14.4 Å². The fourth-order valence-electron chi connectivity index (χ4n) is 5.26. The molecule has 2 heterocycles. The molecule has 1 spiro atoms. The minimum absolute atomic E-state index is 0.160. The maximum Gasteiger partial charge on any atom is 0.185 e. The van der Waals surface area contributed by atoms with Gasteiger partial charge in [-0.25, -0.2) is 4.21 Å². The lowest BCUT2D eigenvalue weighted by atomic mass is 9.79. The van der Waals surface area contributed by atoms with Gasteiger partial charge in [-0.3, -0.25) is 4.72 Å². The largest absolute Gasteiger partial charge is 0.495 e. The molecule has 1 aromatic heterocycles. The van der Waals surface area contributed by atoms with Crippen LogP contribution in [0.1, 0.15) is 37.3 Å². The molecule has 3 aliphatic rings. The fourth-order valence-corrected chi connectivity index (χ4v) is 6.24. The predicted octanol–water partition coefficient (Wildman–Crippen LogP) is 4.92. The third-order valence-electron chi connectivity index (χ3n) is 7.22. The van der Waals surface area contributed by atoms with Gasteiger partial charge in [0.1, 0.15) is 10.6 Å². The second kappa shape index (κ2) is 7.37. The number of ether oxygens (including phenoxy) is 1. The Morgan fingerprint density at radius 1 is 1.25 bits per heavy atom. The van der Waals surface area contributed by atoms with E-state index in [1.54, 1.807) is 13.2 Å². The van der Waals surface area contributed by atoms with Crippen LogP contribution in [0.4, 0.5) is 11.5 Å². The SMILES string of the molecule is COc1ccccc1S(=O)Nc1noc2c1CC1(CC1)c1ccc(N3CCC(C)C3)cc1-2. The van der Waals surface area contributed by atoms with Crippen molar-refractivity contribution in [3.8, 4) is 17.1 Å². The first-order valence-corrected chi connectivity index (χ1v) is 12.4. The molecule has 0 bridgehead atoms. The Labute approximate surface area is 190 Å². The molecule has 1 N–H and O–H groups in total. The van der Waals surface area contributed by atoms with Crippen molar-refractivity contribution in [2.75, 3.05) is 29.8 Å². The summed E-state index contributed by atoms with van der Waals surface area (Å²) < 4.78 is 27.4. The van der Waals surface area contributed by atoms with Crippen LogP contribution in [0.2, 0.25) is 0 Å². The maximum absolute atomic E-state index is 13.1. The van der Waals surface area contributed by atoms with Crippen molar-refractivity contribution in [3.05, 3.63) is 53.6 Å². The molecule has 2 fully saturated rings. The fraction of sp³-hybridized carbons (Fsp3) is 0.400. The molecule has 6 nitrogen and oxygen atoms in total. The Bertz CT molecular complexity index is 1220. The number of para-hydroxylation sites is 1. The van der Waals surface area contributed by atoms with Gasteiger partial charge in [0.25, 0.3) is 0 Å². The van der Waals surface area contributed by atoms with Crippen LogP contribution >= 0.6 is 0 Å². The summed E-state index contributed by atoms with van der Waals surface area (Å²) in [6, 6.07) is 14.2. The molecular formula is C25H27N3O3S. The highest BCUT2D eigenvalue weighted by atomic mass is 32.2. The van der Waals surface area contributed by atoms with E-state index in [4.69, 9.17) is 9.26 Å². The van der Waals surface area contributed by atoms with Crippen molar-refractivity contribution in [3.63, 3.8) is 0 Å². The highest BCUT2D eigenvalue weighted by molar-refractivity contribution is 7.86. The number of aromatic nitrogens is 1. The van der Waals surface area contributed by atoms with Crippen molar-refractivity contribution in [1.82, 2.24) is 5.16 Å². The number of anilines is 2. The molecule has 2 atom stereocenters. The molecule has 6 rings (SSSR count). The number of methoxy groups -OCH3 is 1. The van der Waals surface area contributed by atoms with E-state index < -0.39 is 11.0 Å². The zero-order chi connectivity index (χ0) is 21.9. The van der Waals surface area contributed by atoms with Gasteiger partial charge in [-0.2, -0.15) is 0 Å². The van der Waals surface area contributed by atoms with Crippen molar-refractivity contribution >= 4 is 22.5 Å². The van der Waals surface area contributed by atoms with E-state index in [-0.39, 0.29) is 5.41 Å². The van der Waals surface area contributed by atoms with Gasteiger partial charge in [-0.1, -0.05) is 30.3 Å². The first-order valence-electron chi connectivity index (χ1n) is 11.3. The monoisotopic (exact) mass is 449 g/mol. The number of nitrogens with zero attached hydrogens (tertiary/aromatic N) is 2. The van der Waals surface area contributed by atoms with E-state index in [9.17, 15) is 4.21 Å². The first kappa shape index (κ1) is 19.9. The smallest absolute Gasteiger partial charge is 0.185 e. The van der Waals surface area contributed by atoms with E-state index in [1.807, 2.05) is 18.2 Å². The number of rotatable bonds is 5. The molecule has 3 aromatic rings. The standard InChI is InChI=1S/C25H27N3O3S/c1-16-9-12-28(15-16)17-7-8-20-18(13-17)23-19(14-25(20)10-11-25)24(26-31-23)27-32(29)22-6-4-3-5-21(22)30-2/h3-8,13,16H,9-12,14-15H2,1-2H3,(H,26,27). The molecule has 0 radical (unpaired) electrons. The van der Waals surface area contributed by atoms with E-state index in [1.165, 1.54) is 30.5 Å². The van der Waals surface area contributed by atoms with Crippen LogP contribution in [0.25, 0.3) is 11.3 Å². The van der Waals surface area contributed by atoms with Gasteiger partial charge in [0, 0.05) is 35.3 Å². The zero-order valence-corrected chi connectivity index (χ0v) is 19.2. The summed E-state index contributed by atoms with van der Waals surface area (Å²) >= 11 is 0. The molecule has 2 aromatic carbocycles. The lowest BCUT2D eigenvalue weighted by Gasteiger charge is -2.27. The van der Waals surface area contributed by atoms with Crippen molar-refractivity contribution in [2.24, 2.45) is 5.92 Å². The molecule has 32 heavy (non-hydrogen) atoms. The van der Waals surface area contributed by atoms with Gasteiger partial charge in [0.15, 0.2) is 22.6 Å². The second-order valence-electron chi connectivity index (χ2n) is 9.39. The number of fused-ring (bicyclic) bond motifs is 4. The number of hydrogen-bond donors (Lipinski definition) is 1. The number of benzene rings is 2. The molecule has 2 unspecified atom stereocenters. The number of hydrogen-bond acceptors (Lipinski definition) is 5. The lowest BCUT2D eigenvalue weighted by molar-refractivity contribution is 0.404. The van der Waals surface area contributed by atoms with Gasteiger partial charge in [-0.15, -0.1) is 0 Å². The molecule has 7 heteroatoms. The average molecular weight is 450 g/mol. The summed E-state index contributed by atoms with van der Waals surface area (Å²) in [5.74, 6) is 2.69. The van der Waals surface area contributed by atoms with Crippen LogP contribution in [0.5, 0.6) is 5.75 Å². The Kier molecular flexibility index (Phi) is 4.57. The third-order valence-corrected chi connectivity index (χ3v) is 8.34. The maximum atomic E-state index is 13.1. The normalized spacial score (nSPS) is 21.2. The van der Waals surface area contributed by atoms with Crippen LogP contribution in [-0.4, -0.2) is 29.6 Å². The Morgan fingerprint density at radius 2 is 2.09 bits per heavy atom. The quantitative estimate of drug-likeness (QED) is 0.599. The van der Waals surface area contributed by atoms with Gasteiger partial charge in [-0.05, 0) is 61.4 Å². The summed E-state index contributed by atoms with van der Waals surface area (Å²) in [4.78, 5) is 3.06. The summed E-state index contributed by atoms with van der Waals surface area (Å²) in [7, 11) is 0.0833. The summed E-state index contributed by atoms with van der Waals surface area (Å²) in [5, 5.41) is 4.32. The van der Waals surface area contributed by atoms with Gasteiger partial charge in [0.05, 0.1) is 7.11 Å². The van der Waals surface area contributed by atoms with Crippen LogP contribution in [0.3, 0.4) is 0 Å². The van der Waals surface area contributed by atoms with Crippen molar-refractivity contribution in [2.45, 2.75) is 42.9 Å². The van der Waals surface area contributed by atoms with Gasteiger partial charge >= 0.3 is 0 Å². The first-order chi connectivity index (χ1) is 15.6. The molecular weight excluding hydrogens is 422 g/mol. The van der Waals surface area contributed by atoms with Crippen molar-refractivity contribution in [1.29, 1.82) is 0 Å². The molecule has 1 aliphatic heterocycles. The van der Waals surface area contributed by atoms with Gasteiger partial charge < -0.3 is 14.2 Å². The lowest BCUT2D eigenvalue weighted by Crippen LogP contribution is -2.21. The van der Waals surface area contributed by atoms with E-state index in [2.05, 4.69) is 39.9 Å². The van der Waals surface area contributed by atoms with Gasteiger partial charge in [0.2, 0.25) is 0 Å². The Balaban J connectivity index is 1.36. The topological polar surface area (TPSA) is 67.6 Å². The summed E-state index contributed by atoms with van der Waals surface area (Å²) in [6.45, 7) is 4.50. The van der Waals surface area contributed by atoms with Crippen molar-refractivity contribution < 1.29 is 13.5 Å². The summed E-state index contributed by atoms with van der Waals surface area (Å²) in [6.07, 6.45) is 4.43.